The highest BCUT2D eigenvalue weighted by molar-refractivity contribution is 7.17. The van der Waals surface area contributed by atoms with Crippen molar-refractivity contribution in [2.75, 3.05) is 5.32 Å². The van der Waals surface area contributed by atoms with Gasteiger partial charge in [0.25, 0.3) is 11.8 Å². The number of rotatable bonds is 3. The summed E-state index contributed by atoms with van der Waals surface area (Å²) in [5.41, 5.74) is 6.96. The van der Waals surface area contributed by atoms with Crippen LogP contribution in [0.5, 0.6) is 0 Å². The molecule has 1 aliphatic rings. The minimum absolute atomic E-state index is 0.231. The van der Waals surface area contributed by atoms with Crippen molar-refractivity contribution in [2.24, 2.45) is 5.73 Å². The SMILES string of the molecule is Cc1ccc(C(=O)Nc2sc3c(c2C(N)=O)CCCC3)o1. The summed E-state index contributed by atoms with van der Waals surface area (Å²) >= 11 is 1.45. The Kier molecular flexibility index (Phi) is 3.55. The van der Waals surface area contributed by atoms with E-state index in [4.69, 9.17) is 10.2 Å². The fourth-order valence-electron chi connectivity index (χ4n) is 2.64. The summed E-state index contributed by atoms with van der Waals surface area (Å²) in [6.45, 7) is 1.77. The van der Waals surface area contributed by atoms with Crippen LogP contribution in [0.3, 0.4) is 0 Å². The molecule has 2 heterocycles. The van der Waals surface area contributed by atoms with E-state index in [1.165, 1.54) is 11.3 Å². The largest absolute Gasteiger partial charge is 0.456 e. The second-order valence-electron chi connectivity index (χ2n) is 5.14. The highest BCUT2D eigenvalue weighted by atomic mass is 32.1. The van der Waals surface area contributed by atoms with Gasteiger partial charge in [0.05, 0.1) is 5.56 Å². The summed E-state index contributed by atoms with van der Waals surface area (Å²) in [6.07, 6.45) is 3.95. The van der Waals surface area contributed by atoms with Gasteiger partial charge in [0.2, 0.25) is 0 Å². The Hall–Kier alpha value is -2.08. The van der Waals surface area contributed by atoms with Crippen LogP contribution in [0.25, 0.3) is 0 Å². The van der Waals surface area contributed by atoms with Crippen molar-refractivity contribution in [3.05, 3.63) is 39.7 Å². The number of furan rings is 1. The maximum Gasteiger partial charge on any atom is 0.291 e. The quantitative estimate of drug-likeness (QED) is 0.914. The van der Waals surface area contributed by atoms with E-state index in [1.54, 1.807) is 19.1 Å². The molecule has 3 N–H and O–H groups in total. The van der Waals surface area contributed by atoms with Crippen LogP contribution in [0.4, 0.5) is 5.00 Å². The molecule has 2 amide bonds. The summed E-state index contributed by atoms with van der Waals surface area (Å²) in [7, 11) is 0. The Balaban J connectivity index is 1.93. The zero-order chi connectivity index (χ0) is 15.0. The van der Waals surface area contributed by atoms with E-state index in [-0.39, 0.29) is 11.7 Å². The molecule has 3 rings (SSSR count). The minimum atomic E-state index is -0.486. The van der Waals surface area contributed by atoms with Crippen LogP contribution in [-0.2, 0) is 12.8 Å². The molecular weight excluding hydrogens is 288 g/mol. The lowest BCUT2D eigenvalue weighted by molar-refractivity contribution is 0.0996. The van der Waals surface area contributed by atoms with Gasteiger partial charge in [-0.1, -0.05) is 0 Å². The van der Waals surface area contributed by atoms with Crippen molar-refractivity contribution in [3.8, 4) is 0 Å². The predicted octanol–water partition coefficient (Wildman–Crippen LogP) is 2.88. The molecule has 2 aromatic heterocycles. The second kappa shape index (κ2) is 5.37. The number of carbonyl (C=O) groups excluding carboxylic acids is 2. The van der Waals surface area contributed by atoms with Crippen LogP contribution in [0.2, 0.25) is 0 Å². The first-order valence-electron chi connectivity index (χ1n) is 6.88. The van der Waals surface area contributed by atoms with Gasteiger partial charge in [-0.05, 0) is 50.3 Å². The summed E-state index contributed by atoms with van der Waals surface area (Å²) < 4.78 is 5.30. The van der Waals surface area contributed by atoms with E-state index >= 15 is 0 Å². The summed E-state index contributed by atoms with van der Waals surface area (Å²) in [5.74, 6) is 0.0552. The maximum atomic E-state index is 12.2. The zero-order valence-electron chi connectivity index (χ0n) is 11.7. The predicted molar refractivity (Wildman–Crippen MR) is 80.9 cm³/mol. The first-order valence-corrected chi connectivity index (χ1v) is 7.70. The first kappa shape index (κ1) is 13.9. The van der Waals surface area contributed by atoms with E-state index < -0.39 is 5.91 Å². The molecular formula is C15H16N2O3S. The van der Waals surface area contributed by atoms with Crippen LogP contribution >= 0.6 is 11.3 Å². The minimum Gasteiger partial charge on any atom is -0.456 e. The van der Waals surface area contributed by atoms with Gasteiger partial charge < -0.3 is 15.5 Å². The van der Waals surface area contributed by atoms with Crippen molar-refractivity contribution in [1.82, 2.24) is 0 Å². The molecule has 21 heavy (non-hydrogen) atoms. The van der Waals surface area contributed by atoms with Gasteiger partial charge in [-0.3, -0.25) is 9.59 Å². The highest BCUT2D eigenvalue weighted by Crippen LogP contribution is 2.38. The molecule has 0 unspecified atom stereocenters. The van der Waals surface area contributed by atoms with Crippen molar-refractivity contribution in [3.63, 3.8) is 0 Å². The number of anilines is 1. The van der Waals surface area contributed by atoms with Crippen LogP contribution in [0.15, 0.2) is 16.5 Å². The standard InChI is InChI=1S/C15H16N2O3S/c1-8-6-7-10(20-8)14(19)17-15-12(13(16)18)9-4-2-3-5-11(9)21-15/h6-7H,2-5H2,1H3,(H2,16,18)(H,17,19). The Morgan fingerprint density at radius 1 is 1.29 bits per heavy atom. The number of fused-ring (bicyclic) bond motifs is 1. The lowest BCUT2D eigenvalue weighted by Crippen LogP contribution is -2.18. The number of nitrogens with one attached hydrogen (secondary N) is 1. The third-order valence-corrected chi connectivity index (χ3v) is 4.82. The smallest absolute Gasteiger partial charge is 0.291 e. The van der Waals surface area contributed by atoms with Gasteiger partial charge in [0.15, 0.2) is 5.76 Å². The van der Waals surface area contributed by atoms with Crippen molar-refractivity contribution in [1.29, 1.82) is 0 Å². The molecule has 2 aromatic rings. The highest BCUT2D eigenvalue weighted by Gasteiger charge is 2.25. The lowest BCUT2D eigenvalue weighted by Gasteiger charge is -2.11. The molecule has 0 radical (unpaired) electrons. The second-order valence-corrected chi connectivity index (χ2v) is 6.25. The Labute approximate surface area is 126 Å². The molecule has 0 saturated carbocycles. The van der Waals surface area contributed by atoms with Crippen molar-refractivity contribution >= 4 is 28.2 Å². The number of aryl methyl sites for hydroxylation is 2. The molecule has 0 aliphatic heterocycles. The van der Waals surface area contributed by atoms with Crippen molar-refractivity contribution < 1.29 is 14.0 Å². The summed E-state index contributed by atoms with van der Waals surface area (Å²) in [5, 5.41) is 3.30. The van der Waals surface area contributed by atoms with Gasteiger partial charge in [0, 0.05) is 4.88 Å². The molecule has 0 aromatic carbocycles. The zero-order valence-corrected chi connectivity index (χ0v) is 12.5. The van der Waals surface area contributed by atoms with Crippen LogP contribution in [-0.4, -0.2) is 11.8 Å². The van der Waals surface area contributed by atoms with E-state index in [0.717, 1.165) is 36.1 Å². The van der Waals surface area contributed by atoms with Crippen LogP contribution in [0, 0.1) is 6.92 Å². The van der Waals surface area contributed by atoms with Gasteiger partial charge in [-0.25, -0.2) is 0 Å². The molecule has 0 fully saturated rings. The number of nitrogens with two attached hydrogens (primary N) is 1. The number of carbonyl (C=O) groups is 2. The molecule has 110 valence electrons. The maximum absolute atomic E-state index is 12.2. The Morgan fingerprint density at radius 2 is 2.05 bits per heavy atom. The van der Waals surface area contributed by atoms with Gasteiger partial charge in [-0.15, -0.1) is 11.3 Å². The van der Waals surface area contributed by atoms with E-state index in [9.17, 15) is 9.59 Å². The van der Waals surface area contributed by atoms with E-state index in [1.807, 2.05) is 0 Å². The molecule has 1 aliphatic carbocycles. The molecule has 0 saturated heterocycles. The fourth-order valence-corrected chi connectivity index (χ4v) is 3.93. The number of thiophene rings is 1. The summed E-state index contributed by atoms with van der Waals surface area (Å²) in [4.78, 5) is 25.0. The molecule has 0 atom stereocenters. The molecule has 0 bridgehead atoms. The van der Waals surface area contributed by atoms with Gasteiger partial charge in [-0.2, -0.15) is 0 Å². The third kappa shape index (κ3) is 2.58. The monoisotopic (exact) mass is 304 g/mol. The molecule has 0 spiro atoms. The lowest BCUT2D eigenvalue weighted by atomic mass is 9.95. The Morgan fingerprint density at radius 3 is 2.71 bits per heavy atom. The number of primary amides is 1. The average molecular weight is 304 g/mol. The first-order chi connectivity index (χ1) is 10.1. The molecule has 5 nitrogen and oxygen atoms in total. The normalized spacial score (nSPS) is 13.8. The molecule has 6 heteroatoms. The van der Waals surface area contributed by atoms with Gasteiger partial charge >= 0.3 is 0 Å². The number of hydrogen-bond donors (Lipinski definition) is 2. The topological polar surface area (TPSA) is 85.3 Å². The van der Waals surface area contributed by atoms with Crippen molar-refractivity contribution in [2.45, 2.75) is 32.6 Å². The van der Waals surface area contributed by atoms with E-state index in [0.29, 0.717) is 16.3 Å². The third-order valence-electron chi connectivity index (χ3n) is 3.61. The Bertz CT molecular complexity index is 715. The van der Waals surface area contributed by atoms with E-state index in [2.05, 4.69) is 5.32 Å². The average Bonchev–Trinajstić information content (AvgIpc) is 3.01. The number of hydrogen-bond acceptors (Lipinski definition) is 4. The summed E-state index contributed by atoms with van der Waals surface area (Å²) in [6, 6.07) is 3.34. The van der Waals surface area contributed by atoms with Gasteiger partial charge in [0.1, 0.15) is 10.8 Å². The fraction of sp³-hybridized carbons (Fsp3) is 0.333. The number of amides is 2. The van der Waals surface area contributed by atoms with Crippen LogP contribution in [0.1, 0.15) is 50.0 Å². The van der Waals surface area contributed by atoms with Crippen LogP contribution < -0.4 is 11.1 Å².